The van der Waals surface area contributed by atoms with Gasteiger partial charge in [-0.05, 0) is 61.4 Å². The Morgan fingerprint density at radius 3 is 2.81 bits per heavy atom. The molecule has 3 heterocycles. The quantitative estimate of drug-likeness (QED) is 0.444. The Morgan fingerprint density at radius 1 is 1.12 bits per heavy atom. The molecule has 168 valence electrons. The topological polar surface area (TPSA) is 101 Å². The van der Waals surface area contributed by atoms with Crippen molar-refractivity contribution in [1.82, 2.24) is 15.1 Å². The van der Waals surface area contributed by atoms with Crippen LogP contribution < -0.4 is 5.32 Å². The van der Waals surface area contributed by atoms with E-state index in [1.807, 2.05) is 0 Å². The van der Waals surface area contributed by atoms with E-state index in [0.717, 1.165) is 43.7 Å². The van der Waals surface area contributed by atoms with Crippen LogP contribution in [0.4, 0.5) is 5.82 Å². The Balaban J connectivity index is 1.29. The number of carboxylic acids is 1. The molecule has 1 unspecified atom stereocenters. The molecule has 0 saturated heterocycles. The molecule has 1 atom stereocenters. The second-order valence-corrected chi connectivity index (χ2v) is 8.72. The highest BCUT2D eigenvalue weighted by Gasteiger charge is 2.22. The van der Waals surface area contributed by atoms with Gasteiger partial charge in [-0.3, -0.25) is 4.79 Å². The average Bonchev–Trinajstić information content (AvgIpc) is 3.23. The van der Waals surface area contributed by atoms with E-state index in [1.165, 1.54) is 5.56 Å². The van der Waals surface area contributed by atoms with Gasteiger partial charge in [0.15, 0.2) is 5.82 Å². The Bertz CT molecular complexity index is 1100. The van der Waals surface area contributed by atoms with E-state index in [2.05, 4.69) is 27.6 Å². The van der Waals surface area contributed by atoms with E-state index in [1.54, 1.807) is 18.2 Å². The summed E-state index contributed by atoms with van der Waals surface area (Å²) >= 11 is 12.0. The van der Waals surface area contributed by atoms with Crippen molar-refractivity contribution in [1.29, 1.82) is 0 Å². The number of hydrogen-bond acceptors (Lipinski definition) is 6. The third kappa shape index (κ3) is 5.58. The Hall–Kier alpha value is -2.64. The van der Waals surface area contributed by atoms with E-state index >= 15 is 0 Å². The van der Waals surface area contributed by atoms with Crippen LogP contribution in [0, 0.1) is 0 Å². The normalized spacial score (nSPS) is 13.9. The lowest BCUT2D eigenvalue weighted by molar-refractivity contribution is -0.139. The summed E-state index contributed by atoms with van der Waals surface area (Å²) in [5, 5.41) is 17.7. The van der Waals surface area contributed by atoms with Gasteiger partial charge in [-0.1, -0.05) is 40.5 Å². The third-order valence-corrected chi connectivity index (χ3v) is 6.33. The van der Waals surface area contributed by atoms with E-state index < -0.39 is 11.9 Å². The predicted molar refractivity (Wildman–Crippen MR) is 123 cm³/mol. The molecule has 9 heteroatoms. The van der Waals surface area contributed by atoms with Gasteiger partial charge in [0.05, 0.1) is 16.0 Å². The number of benzene rings is 1. The molecule has 0 spiro atoms. The van der Waals surface area contributed by atoms with Crippen molar-refractivity contribution < 1.29 is 14.4 Å². The lowest BCUT2D eigenvalue weighted by atomic mass is 9.94. The van der Waals surface area contributed by atoms with Crippen LogP contribution in [-0.4, -0.2) is 32.7 Å². The smallest absolute Gasteiger partial charge is 0.310 e. The number of anilines is 1. The summed E-state index contributed by atoms with van der Waals surface area (Å²) in [7, 11) is 0. The van der Waals surface area contributed by atoms with Gasteiger partial charge in [0, 0.05) is 25.1 Å². The Morgan fingerprint density at radius 2 is 2.00 bits per heavy atom. The fourth-order valence-corrected chi connectivity index (χ4v) is 4.17. The summed E-state index contributed by atoms with van der Waals surface area (Å²) in [4.78, 5) is 20.9. The van der Waals surface area contributed by atoms with Gasteiger partial charge in [-0.15, -0.1) is 0 Å². The molecular weight excluding hydrogens is 451 g/mol. The fourth-order valence-electron chi connectivity index (χ4n) is 3.86. The van der Waals surface area contributed by atoms with Crippen LogP contribution >= 0.6 is 23.2 Å². The fraction of sp³-hybridized carbons (Fsp3) is 0.391. The zero-order valence-corrected chi connectivity index (χ0v) is 19.0. The molecule has 7 nitrogen and oxygen atoms in total. The van der Waals surface area contributed by atoms with Crippen LogP contribution in [0.2, 0.25) is 10.0 Å². The molecule has 0 bridgehead atoms. The number of aryl methyl sites for hydroxylation is 4. The number of carbonyl (C=O) groups is 1. The summed E-state index contributed by atoms with van der Waals surface area (Å²) in [5.74, 6) is 0.393. The number of carboxylic acid groups (broad SMARTS) is 1. The second-order valence-electron chi connectivity index (χ2n) is 7.90. The van der Waals surface area contributed by atoms with Gasteiger partial charge in [-0.2, -0.15) is 4.98 Å². The number of nitrogens with one attached hydrogen (secondary N) is 1. The zero-order chi connectivity index (χ0) is 22.5. The minimum Gasteiger partial charge on any atom is -0.481 e. The first-order valence-electron chi connectivity index (χ1n) is 10.7. The number of nitrogens with zero attached hydrogens (tertiary/aromatic N) is 3. The van der Waals surface area contributed by atoms with Gasteiger partial charge in [0.1, 0.15) is 5.82 Å². The van der Waals surface area contributed by atoms with Crippen LogP contribution in [0.15, 0.2) is 34.9 Å². The highest BCUT2D eigenvalue weighted by atomic mass is 35.5. The predicted octanol–water partition coefficient (Wildman–Crippen LogP) is 5.11. The first kappa shape index (κ1) is 22.6. The third-order valence-electron chi connectivity index (χ3n) is 5.59. The highest BCUT2D eigenvalue weighted by molar-refractivity contribution is 6.42. The molecule has 1 aliphatic rings. The number of hydrogen-bond donors (Lipinski definition) is 2. The summed E-state index contributed by atoms with van der Waals surface area (Å²) in [6, 6.07) is 9.11. The Labute approximate surface area is 196 Å². The second kappa shape index (κ2) is 10.3. The molecule has 1 aromatic carbocycles. The van der Waals surface area contributed by atoms with Gasteiger partial charge in [0.2, 0.25) is 5.89 Å². The van der Waals surface area contributed by atoms with Crippen LogP contribution in [0.1, 0.15) is 53.7 Å². The van der Waals surface area contributed by atoms with Crippen molar-refractivity contribution in [3.8, 4) is 0 Å². The van der Waals surface area contributed by atoms with Crippen LogP contribution in [0.25, 0.3) is 0 Å². The van der Waals surface area contributed by atoms with Crippen molar-refractivity contribution in [2.24, 2.45) is 0 Å². The number of halogens is 2. The number of aromatic nitrogens is 3. The summed E-state index contributed by atoms with van der Waals surface area (Å²) in [6.45, 7) is 0.975. The SMILES string of the molecule is O=C(O)C(CCc1nc(CCCc2ccc3c(n2)NCCC3)no1)c1ccc(Cl)c(Cl)c1. The monoisotopic (exact) mass is 474 g/mol. The van der Waals surface area contributed by atoms with Crippen molar-refractivity contribution in [2.75, 3.05) is 11.9 Å². The number of aliphatic carboxylic acids is 1. The van der Waals surface area contributed by atoms with E-state index in [0.29, 0.717) is 46.6 Å². The van der Waals surface area contributed by atoms with Crippen molar-refractivity contribution >= 4 is 35.0 Å². The number of pyridine rings is 1. The van der Waals surface area contributed by atoms with Crippen molar-refractivity contribution in [2.45, 2.75) is 50.9 Å². The first-order valence-corrected chi connectivity index (χ1v) is 11.5. The maximum atomic E-state index is 11.7. The standard InChI is InChI=1S/C23H24Cl2N4O3/c24-18-10-7-15(13-19(18)25)17(23(30)31)9-11-21-28-20(29-32-21)5-1-4-16-8-6-14-3-2-12-26-22(14)27-16/h6-8,10,13,17H,1-5,9,11-12H2,(H,26,27)(H,30,31). The lowest BCUT2D eigenvalue weighted by Crippen LogP contribution is -2.14. The molecule has 3 aromatic rings. The van der Waals surface area contributed by atoms with Crippen molar-refractivity contribution in [3.05, 3.63) is 68.9 Å². The average molecular weight is 475 g/mol. The van der Waals surface area contributed by atoms with Gasteiger partial charge >= 0.3 is 5.97 Å². The van der Waals surface area contributed by atoms with Crippen LogP contribution in [0.5, 0.6) is 0 Å². The minimum atomic E-state index is -0.935. The molecule has 1 aliphatic heterocycles. The van der Waals surface area contributed by atoms with Crippen molar-refractivity contribution in [3.63, 3.8) is 0 Å². The maximum absolute atomic E-state index is 11.7. The number of fused-ring (bicyclic) bond motifs is 1. The Kier molecular flexibility index (Phi) is 7.27. The van der Waals surface area contributed by atoms with Gasteiger partial charge in [0.25, 0.3) is 0 Å². The summed E-state index contributed by atoms with van der Waals surface area (Å²) < 4.78 is 5.32. The largest absolute Gasteiger partial charge is 0.481 e. The molecule has 0 fully saturated rings. The molecule has 4 rings (SSSR count). The number of rotatable bonds is 9. The molecule has 2 aromatic heterocycles. The van der Waals surface area contributed by atoms with Gasteiger partial charge in [-0.25, -0.2) is 4.98 Å². The van der Waals surface area contributed by atoms with E-state index in [4.69, 9.17) is 32.7 Å². The molecule has 0 aliphatic carbocycles. The van der Waals surface area contributed by atoms with Crippen LogP contribution in [0.3, 0.4) is 0 Å². The van der Waals surface area contributed by atoms with Gasteiger partial charge < -0.3 is 14.9 Å². The highest BCUT2D eigenvalue weighted by Crippen LogP contribution is 2.29. The molecular formula is C23H24Cl2N4O3. The zero-order valence-electron chi connectivity index (χ0n) is 17.5. The molecule has 0 amide bonds. The molecule has 32 heavy (non-hydrogen) atoms. The van der Waals surface area contributed by atoms with E-state index in [-0.39, 0.29) is 0 Å². The lowest BCUT2D eigenvalue weighted by Gasteiger charge is -2.17. The van der Waals surface area contributed by atoms with Crippen LogP contribution in [-0.2, 0) is 30.5 Å². The van der Waals surface area contributed by atoms with E-state index in [9.17, 15) is 9.90 Å². The molecule has 0 radical (unpaired) electrons. The summed E-state index contributed by atoms with van der Waals surface area (Å²) in [5.41, 5.74) is 2.93. The maximum Gasteiger partial charge on any atom is 0.310 e. The molecule has 0 saturated carbocycles. The minimum absolute atomic E-state index is 0.320. The molecule has 2 N–H and O–H groups in total. The summed E-state index contributed by atoms with van der Waals surface area (Å²) in [6.07, 6.45) is 5.26. The first-order chi connectivity index (χ1) is 15.5.